The van der Waals surface area contributed by atoms with Gasteiger partial charge in [0.05, 0.1) is 11.1 Å². The third-order valence-electron chi connectivity index (χ3n) is 3.21. The second-order valence-electron chi connectivity index (χ2n) is 4.55. The van der Waals surface area contributed by atoms with Crippen LogP contribution < -0.4 is 0 Å². The lowest BCUT2D eigenvalue weighted by molar-refractivity contribution is 1.36. The number of rotatable bonds is 1. The van der Waals surface area contributed by atoms with Crippen LogP contribution in [-0.2, 0) is 0 Å². The van der Waals surface area contributed by atoms with Crippen molar-refractivity contribution in [2.24, 2.45) is 0 Å². The lowest BCUT2D eigenvalue weighted by Gasteiger charge is -2.09. The molecule has 0 N–H and O–H groups in total. The first-order valence-corrected chi connectivity index (χ1v) is 6.14. The maximum Gasteiger partial charge on any atom is 0.101 e. The lowest BCUT2D eigenvalue weighted by atomic mass is 9.96. The molecule has 0 aliphatic carbocycles. The van der Waals surface area contributed by atoms with Crippen LogP contribution in [0.1, 0.15) is 11.1 Å². The molecule has 0 fully saturated rings. The highest BCUT2D eigenvalue weighted by molar-refractivity contribution is 5.97. The van der Waals surface area contributed by atoms with E-state index in [-0.39, 0.29) is 0 Å². The molecule has 19 heavy (non-hydrogen) atoms. The Bertz CT molecular complexity index is 783. The van der Waals surface area contributed by atoms with E-state index >= 15 is 0 Å². The van der Waals surface area contributed by atoms with Crippen molar-refractivity contribution < 1.29 is 0 Å². The number of hydrogen-bond acceptors (Lipinski definition) is 2. The van der Waals surface area contributed by atoms with Gasteiger partial charge in [-0.25, -0.2) is 0 Å². The monoisotopic (exact) mass is 244 g/mol. The summed E-state index contributed by atoms with van der Waals surface area (Å²) >= 11 is 0. The summed E-state index contributed by atoms with van der Waals surface area (Å²) < 4.78 is 0. The van der Waals surface area contributed by atoms with Crippen molar-refractivity contribution in [2.75, 3.05) is 0 Å². The number of nitriles is 1. The maximum absolute atomic E-state index is 9.32. The Kier molecular flexibility index (Phi) is 2.74. The fraction of sp³-hybridized carbons (Fsp3) is 0.0588. The topological polar surface area (TPSA) is 36.7 Å². The summed E-state index contributed by atoms with van der Waals surface area (Å²) in [6.45, 7) is 2.05. The first kappa shape index (κ1) is 11.4. The van der Waals surface area contributed by atoms with Crippen LogP contribution in [0.3, 0.4) is 0 Å². The summed E-state index contributed by atoms with van der Waals surface area (Å²) in [6, 6.07) is 18.4. The zero-order valence-electron chi connectivity index (χ0n) is 10.6. The van der Waals surface area contributed by atoms with Crippen LogP contribution in [0, 0.1) is 18.3 Å². The molecular formula is C17H12N2. The number of aryl methyl sites for hydroxylation is 1. The molecule has 90 valence electrons. The second-order valence-corrected chi connectivity index (χ2v) is 4.55. The molecule has 0 unspecified atom stereocenters. The summed E-state index contributed by atoms with van der Waals surface area (Å²) in [7, 11) is 0. The molecule has 1 aromatic heterocycles. The van der Waals surface area contributed by atoms with Crippen molar-refractivity contribution in [1.82, 2.24) is 4.98 Å². The summed E-state index contributed by atoms with van der Waals surface area (Å²) in [5.41, 5.74) is 4.73. The zero-order chi connectivity index (χ0) is 13.2. The Hall–Kier alpha value is -2.66. The minimum Gasteiger partial charge on any atom is -0.255 e. The number of benzene rings is 2. The van der Waals surface area contributed by atoms with Gasteiger partial charge in [-0.05, 0) is 24.6 Å². The van der Waals surface area contributed by atoms with E-state index in [0.717, 1.165) is 22.0 Å². The normalized spacial score (nSPS) is 10.3. The molecular weight excluding hydrogens is 232 g/mol. The molecule has 0 atom stereocenters. The molecule has 2 nitrogen and oxygen atoms in total. The number of nitrogens with zero attached hydrogens (tertiary/aromatic N) is 2. The predicted octanol–water partition coefficient (Wildman–Crippen LogP) is 4.08. The zero-order valence-corrected chi connectivity index (χ0v) is 10.6. The maximum atomic E-state index is 9.32. The third-order valence-corrected chi connectivity index (χ3v) is 3.21. The third kappa shape index (κ3) is 1.96. The molecule has 0 saturated carbocycles. The van der Waals surface area contributed by atoms with Gasteiger partial charge >= 0.3 is 0 Å². The number of aromatic nitrogens is 1. The van der Waals surface area contributed by atoms with Crippen molar-refractivity contribution in [1.29, 1.82) is 5.26 Å². The molecule has 0 aliphatic rings. The van der Waals surface area contributed by atoms with E-state index in [1.54, 1.807) is 6.20 Å². The highest BCUT2D eigenvalue weighted by atomic mass is 14.7. The first-order valence-electron chi connectivity index (χ1n) is 6.14. The summed E-state index contributed by atoms with van der Waals surface area (Å²) in [5, 5.41) is 10.4. The van der Waals surface area contributed by atoms with Crippen molar-refractivity contribution in [3.63, 3.8) is 0 Å². The Morgan fingerprint density at radius 1 is 1.05 bits per heavy atom. The first-order chi connectivity index (χ1) is 9.29. The van der Waals surface area contributed by atoms with E-state index in [9.17, 15) is 5.26 Å². The van der Waals surface area contributed by atoms with Gasteiger partial charge in [0.25, 0.3) is 0 Å². The predicted molar refractivity (Wildman–Crippen MR) is 76.6 cm³/mol. The van der Waals surface area contributed by atoms with Crippen LogP contribution in [0.25, 0.3) is 22.0 Å². The Balaban J connectivity index is 2.44. The minimum atomic E-state index is 0.615. The summed E-state index contributed by atoms with van der Waals surface area (Å²) in [4.78, 5) is 4.36. The number of hydrogen-bond donors (Lipinski definition) is 0. The van der Waals surface area contributed by atoms with Crippen molar-refractivity contribution in [3.8, 4) is 17.2 Å². The van der Waals surface area contributed by atoms with Crippen molar-refractivity contribution >= 4 is 10.9 Å². The average Bonchev–Trinajstić information content (AvgIpc) is 2.46. The van der Waals surface area contributed by atoms with E-state index in [4.69, 9.17) is 0 Å². The Morgan fingerprint density at radius 2 is 1.84 bits per heavy atom. The molecule has 3 aromatic rings. The van der Waals surface area contributed by atoms with Crippen molar-refractivity contribution in [2.45, 2.75) is 6.92 Å². The standard InChI is InChI=1S/C17H12N2/c1-12-7-8-16-15(9-12)17(14(10-18)11-19-16)13-5-3-2-4-6-13/h2-9,11H,1H3. The van der Waals surface area contributed by atoms with Gasteiger partial charge in [0.15, 0.2) is 0 Å². The Morgan fingerprint density at radius 3 is 2.58 bits per heavy atom. The fourth-order valence-corrected chi connectivity index (χ4v) is 2.31. The van der Waals surface area contributed by atoms with Crippen LogP contribution in [0.15, 0.2) is 54.7 Å². The largest absolute Gasteiger partial charge is 0.255 e. The van der Waals surface area contributed by atoms with Crippen LogP contribution >= 0.6 is 0 Å². The summed E-state index contributed by atoms with van der Waals surface area (Å²) in [5.74, 6) is 0. The number of pyridine rings is 1. The van der Waals surface area contributed by atoms with Crippen LogP contribution in [0.5, 0.6) is 0 Å². The molecule has 3 rings (SSSR count). The van der Waals surface area contributed by atoms with E-state index in [0.29, 0.717) is 5.56 Å². The average molecular weight is 244 g/mol. The molecule has 0 radical (unpaired) electrons. The van der Waals surface area contributed by atoms with Gasteiger partial charge in [-0.3, -0.25) is 4.98 Å². The van der Waals surface area contributed by atoms with E-state index in [1.165, 1.54) is 5.56 Å². The highest BCUT2D eigenvalue weighted by Crippen LogP contribution is 2.31. The molecule has 0 saturated heterocycles. The Labute approximate surface area is 112 Å². The van der Waals surface area contributed by atoms with Gasteiger partial charge in [-0.15, -0.1) is 0 Å². The second kappa shape index (κ2) is 4.55. The van der Waals surface area contributed by atoms with Gasteiger partial charge in [-0.1, -0.05) is 42.0 Å². The van der Waals surface area contributed by atoms with E-state index < -0.39 is 0 Å². The molecule has 1 heterocycles. The summed E-state index contributed by atoms with van der Waals surface area (Å²) in [6.07, 6.45) is 1.65. The van der Waals surface area contributed by atoms with Crippen LogP contribution in [0.2, 0.25) is 0 Å². The van der Waals surface area contributed by atoms with Gasteiger partial charge in [0, 0.05) is 17.1 Å². The van der Waals surface area contributed by atoms with Crippen LogP contribution in [-0.4, -0.2) is 4.98 Å². The van der Waals surface area contributed by atoms with Gasteiger partial charge < -0.3 is 0 Å². The highest BCUT2D eigenvalue weighted by Gasteiger charge is 2.10. The number of fused-ring (bicyclic) bond motifs is 1. The lowest BCUT2D eigenvalue weighted by Crippen LogP contribution is -1.90. The molecule has 0 spiro atoms. The minimum absolute atomic E-state index is 0.615. The van der Waals surface area contributed by atoms with Gasteiger partial charge in [0.1, 0.15) is 6.07 Å². The smallest absolute Gasteiger partial charge is 0.101 e. The molecule has 0 aliphatic heterocycles. The quantitative estimate of drug-likeness (QED) is 0.646. The molecule has 2 aromatic carbocycles. The van der Waals surface area contributed by atoms with Gasteiger partial charge in [0.2, 0.25) is 0 Å². The molecule has 2 heteroatoms. The van der Waals surface area contributed by atoms with Crippen LogP contribution in [0.4, 0.5) is 0 Å². The SMILES string of the molecule is Cc1ccc2ncc(C#N)c(-c3ccccc3)c2c1. The van der Waals surface area contributed by atoms with Gasteiger partial charge in [-0.2, -0.15) is 5.26 Å². The van der Waals surface area contributed by atoms with Crippen molar-refractivity contribution in [3.05, 3.63) is 65.9 Å². The molecule has 0 bridgehead atoms. The fourth-order valence-electron chi connectivity index (χ4n) is 2.31. The van der Waals surface area contributed by atoms with E-state index in [2.05, 4.69) is 17.1 Å². The van der Waals surface area contributed by atoms with E-state index in [1.807, 2.05) is 49.4 Å². The molecule has 0 amide bonds.